The van der Waals surface area contributed by atoms with Gasteiger partial charge < -0.3 is 10.2 Å². The minimum Gasteiger partial charge on any atom is -0.468 e. The summed E-state index contributed by atoms with van der Waals surface area (Å²) in [4.78, 5) is 6.64. The number of aromatic nitrogens is 1. The monoisotopic (exact) mass is 245 g/mol. The molecule has 0 aromatic carbocycles. The average molecular weight is 245 g/mol. The van der Waals surface area contributed by atoms with Gasteiger partial charge in [0.2, 0.25) is 0 Å². The summed E-state index contributed by atoms with van der Waals surface area (Å²) in [6, 6.07) is 7.80. The van der Waals surface area contributed by atoms with Crippen molar-refractivity contribution in [2.75, 3.05) is 18.8 Å². The molecule has 0 aliphatic heterocycles. The van der Waals surface area contributed by atoms with Crippen molar-refractivity contribution in [3.8, 4) is 0 Å². The molecule has 0 aliphatic carbocycles. The Kier molecular flexibility index (Phi) is 4.36. The molecule has 0 atom stereocenters. The van der Waals surface area contributed by atoms with E-state index >= 15 is 0 Å². The Bertz CT molecular complexity index is 450. The van der Waals surface area contributed by atoms with Crippen LogP contribution in [0.4, 0.5) is 5.69 Å². The van der Waals surface area contributed by atoms with Crippen LogP contribution in [0.5, 0.6) is 0 Å². The van der Waals surface area contributed by atoms with Crippen LogP contribution in [0.25, 0.3) is 0 Å². The first-order valence-corrected chi connectivity index (χ1v) is 6.23. The van der Waals surface area contributed by atoms with Crippen LogP contribution in [0.2, 0.25) is 0 Å². The van der Waals surface area contributed by atoms with Crippen LogP contribution in [0.15, 0.2) is 41.1 Å². The zero-order valence-electron chi connectivity index (χ0n) is 10.7. The fourth-order valence-electron chi connectivity index (χ4n) is 1.83. The zero-order chi connectivity index (χ0) is 12.8. The van der Waals surface area contributed by atoms with E-state index in [1.54, 1.807) is 12.5 Å². The third-order valence-corrected chi connectivity index (χ3v) is 2.94. The van der Waals surface area contributed by atoms with Gasteiger partial charge in [0.1, 0.15) is 5.76 Å². The van der Waals surface area contributed by atoms with Crippen molar-refractivity contribution >= 4 is 5.69 Å². The first-order chi connectivity index (χ1) is 8.78. The summed E-state index contributed by atoms with van der Waals surface area (Å²) >= 11 is 0. The van der Waals surface area contributed by atoms with Gasteiger partial charge in [0.15, 0.2) is 0 Å². The smallest absolute Gasteiger partial charge is 0.117 e. The molecule has 2 N–H and O–H groups in total. The molecule has 2 heterocycles. The number of likely N-dealkylation sites (N-methyl/N-ethyl adjacent to an activating group) is 1. The minimum absolute atomic E-state index is 0.710. The van der Waals surface area contributed by atoms with E-state index in [9.17, 15) is 0 Å². The summed E-state index contributed by atoms with van der Waals surface area (Å²) in [5.74, 6) is 1.00. The lowest BCUT2D eigenvalue weighted by Crippen LogP contribution is -2.25. The van der Waals surface area contributed by atoms with E-state index in [0.717, 1.165) is 37.5 Å². The molecule has 4 heteroatoms. The number of anilines is 1. The highest BCUT2D eigenvalue weighted by molar-refractivity contribution is 5.34. The Balaban J connectivity index is 1.85. The summed E-state index contributed by atoms with van der Waals surface area (Å²) < 4.78 is 5.36. The van der Waals surface area contributed by atoms with Gasteiger partial charge in [-0.1, -0.05) is 6.92 Å². The first-order valence-electron chi connectivity index (χ1n) is 6.23. The zero-order valence-corrected chi connectivity index (χ0v) is 10.7. The number of nitrogens with two attached hydrogens (primary N) is 1. The molecule has 2 rings (SSSR count). The van der Waals surface area contributed by atoms with Crippen molar-refractivity contribution in [1.29, 1.82) is 0 Å². The molecule has 0 amide bonds. The molecule has 2 aromatic heterocycles. The Morgan fingerprint density at radius 2 is 2.22 bits per heavy atom. The van der Waals surface area contributed by atoms with Crippen LogP contribution >= 0.6 is 0 Å². The van der Waals surface area contributed by atoms with Gasteiger partial charge in [-0.2, -0.15) is 0 Å². The summed E-state index contributed by atoms with van der Waals surface area (Å²) in [5, 5.41) is 0. The van der Waals surface area contributed by atoms with E-state index in [1.165, 1.54) is 0 Å². The highest BCUT2D eigenvalue weighted by Gasteiger charge is 2.06. The normalized spacial score (nSPS) is 11.0. The van der Waals surface area contributed by atoms with Gasteiger partial charge in [-0.3, -0.25) is 9.88 Å². The molecule has 18 heavy (non-hydrogen) atoms. The van der Waals surface area contributed by atoms with Gasteiger partial charge in [-0.15, -0.1) is 0 Å². The van der Waals surface area contributed by atoms with Gasteiger partial charge in [0.25, 0.3) is 0 Å². The van der Waals surface area contributed by atoms with Crippen molar-refractivity contribution in [3.05, 3.63) is 48.2 Å². The molecular formula is C14H19N3O. The van der Waals surface area contributed by atoms with Crippen LogP contribution in [-0.2, 0) is 13.0 Å². The number of pyridine rings is 1. The first kappa shape index (κ1) is 12.6. The van der Waals surface area contributed by atoms with Crippen molar-refractivity contribution in [1.82, 2.24) is 9.88 Å². The summed E-state index contributed by atoms with van der Waals surface area (Å²) in [6.45, 7) is 4.96. The second kappa shape index (κ2) is 6.21. The summed E-state index contributed by atoms with van der Waals surface area (Å²) in [6.07, 6.45) is 4.34. The van der Waals surface area contributed by atoms with Gasteiger partial charge >= 0.3 is 0 Å². The minimum atomic E-state index is 0.710. The molecule has 4 nitrogen and oxygen atoms in total. The second-order valence-electron chi connectivity index (χ2n) is 4.28. The van der Waals surface area contributed by atoms with Crippen molar-refractivity contribution < 1.29 is 4.42 Å². The van der Waals surface area contributed by atoms with Crippen LogP contribution in [0, 0.1) is 0 Å². The van der Waals surface area contributed by atoms with Gasteiger partial charge in [0.05, 0.1) is 24.7 Å². The molecular weight excluding hydrogens is 226 g/mol. The fourth-order valence-corrected chi connectivity index (χ4v) is 1.83. The highest BCUT2D eigenvalue weighted by Crippen LogP contribution is 2.07. The standard InChI is InChI=1S/C14H19N3O/c1-2-17(11-14-4-3-9-18-14)8-7-13-6-5-12(15)10-16-13/h3-6,9-10H,2,7-8,11,15H2,1H3. The van der Waals surface area contributed by atoms with Gasteiger partial charge in [-0.05, 0) is 30.8 Å². The number of hydrogen-bond acceptors (Lipinski definition) is 4. The number of nitrogens with zero attached hydrogens (tertiary/aromatic N) is 2. The predicted octanol–water partition coefficient (Wildman–Crippen LogP) is 2.32. The van der Waals surface area contributed by atoms with E-state index in [1.807, 2.05) is 24.3 Å². The van der Waals surface area contributed by atoms with Gasteiger partial charge in [-0.25, -0.2) is 0 Å². The maximum atomic E-state index is 5.61. The quantitative estimate of drug-likeness (QED) is 0.848. The van der Waals surface area contributed by atoms with Crippen molar-refractivity contribution in [2.45, 2.75) is 19.9 Å². The fraction of sp³-hybridized carbons (Fsp3) is 0.357. The molecule has 0 aliphatic rings. The van der Waals surface area contributed by atoms with Crippen LogP contribution < -0.4 is 5.73 Å². The van der Waals surface area contributed by atoms with Crippen molar-refractivity contribution in [2.24, 2.45) is 0 Å². The van der Waals surface area contributed by atoms with E-state index in [-0.39, 0.29) is 0 Å². The molecule has 0 spiro atoms. The van der Waals surface area contributed by atoms with E-state index in [0.29, 0.717) is 5.69 Å². The third kappa shape index (κ3) is 3.60. The maximum Gasteiger partial charge on any atom is 0.117 e. The lowest BCUT2D eigenvalue weighted by molar-refractivity contribution is 0.258. The summed E-state index contributed by atoms with van der Waals surface area (Å²) in [5.41, 5.74) is 7.40. The van der Waals surface area contributed by atoms with Crippen LogP contribution in [0.1, 0.15) is 18.4 Å². The second-order valence-corrected chi connectivity index (χ2v) is 4.28. The largest absolute Gasteiger partial charge is 0.468 e. The maximum absolute atomic E-state index is 5.61. The molecule has 0 saturated carbocycles. The van der Waals surface area contributed by atoms with E-state index < -0.39 is 0 Å². The Morgan fingerprint density at radius 3 is 2.83 bits per heavy atom. The summed E-state index contributed by atoms with van der Waals surface area (Å²) in [7, 11) is 0. The Hall–Kier alpha value is -1.81. The molecule has 0 saturated heterocycles. The van der Waals surface area contributed by atoms with E-state index in [4.69, 9.17) is 10.2 Å². The molecule has 0 bridgehead atoms. The van der Waals surface area contributed by atoms with E-state index in [2.05, 4.69) is 16.8 Å². The average Bonchev–Trinajstić information content (AvgIpc) is 2.89. The third-order valence-electron chi connectivity index (χ3n) is 2.94. The number of hydrogen-bond donors (Lipinski definition) is 1. The highest BCUT2D eigenvalue weighted by atomic mass is 16.3. The lowest BCUT2D eigenvalue weighted by Gasteiger charge is -2.18. The Morgan fingerprint density at radius 1 is 1.33 bits per heavy atom. The molecule has 0 radical (unpaired) electrons. The number of nitrogen functional groups attached to an aromatic ring is 1. The number of furan rings is 1. The number of rotatable bonds is 6. The van der Waals surface area contributed by atoms with Crippen LogP contribution in [-0.4, -0.2) is 23.0 Å². The molecule has 96 valence electrons. The Labute approximate surface area is 107 Å². The molecule has 0 unspecified atom stereocenters. The molecule has 2 aromatic rings. The lowest BCUT2D eigenvalue weighted by atomic mass is 10.2. The van der Waals surface area contributed by atoms with Crippen molar-refractivity contribution in [3.63, 3.8) is 0 Å². The van der Waals surface area contributed by atoms with Gasteiger partial charge in [0, 0.05) is 18.7 Å². The SMILES string of the molecule is CCN(CCc1ccc(N)cn1)Cc1ccco1. The molecule has 0 fully saturated rings. The predicted molar refractivity (Wildman–Crippen MR) is 72.0 cm³/mol. The van der Waals surface area contributed by atoms with Crippen LogP contribution in [0.3, 0.4) is 0 Å². The topological polar surface area (TPSA) is 55.3 Å².